The molecule has 0 saturated heterocycles. The molecule has 1 unspecified atom stereocenters. The molecule has 0 aromatic heterocycles. The first-order valence-corrected chi connectivity index (χ1v) is 6.82. The molecule has 0 fully saturated rings. The molecular weight excluding hydrogens is 301 g/mol. The highest BCUT2D eigenvalue weighted by molar-refractivity contribution is 6.35. The molecule has 0 amide bonds. The minimum Gasteiger partial charge on any atom is -0.198 e. The van der Waals surface area contributed by atoms with E-state index in [-0.39, 0.29) is 5.92 Å². The summed E-state index contributed by atoms with van der Waals surface area (Å²) in [5.74, 6) is -0.254. The Kier molecular flexibility index (Phi) is 4.71. The third-order valence-electron chi connectivity index (χ3n) is 2.87. The van der Waals surface area contributed by atoms with Crippen LogP contribution in [0.1, 0.15) is 17.0 Å². The molecule has 4 heteroatoms. The summed E-state index contributed by atoms with van der Waals surface area (Å²) < 4.78 is 0. The lowest BCUT2D eigenvalue weighted by Crippen LogP contribution is -2.01. The van der Waals surface area contributed by atoms with E-state index in [1.165, 1.54) is 0 Å². The van der Waals surface area contributed by atoms with Crippen LogP contribution in [0.3, 0.4) is 0 Å². The van der Waals surface area contributed by atoms with Crippen LogP contribution in [0.4, 0.5) is 0 Å². The van der Waals surface area contributed by atoms with Crippen molar-refractivity contribution in [3.8, 4) is 6.07 Å². The lowest BCUT2D eigenvalue weighted by Gasteiger charge is -2.11. The quantitative estimate of drug-likeness (QED) is 0.734. The van der Waals surface area contributed by atoms with E-state index in [0.29, 0.717) is 21.5 Å². The van der Waals surface area contributed by atoms with E-state index in [1.54, 1.807) is 24.3 Å². The number of nitriles is 1. The number of rotatable bonds is 3. The van der Waals surface area contributed by atoms with Crippen LogP contribution in [-0.2, 0) is 6.42 Å². The Hall–Kier alpha value is -1.20. The minimum absolute atomic E-state index is 0.254. The van der Waals surface area contributed by atoms with E-state index in [4.69, 9.17) is 34.8 Å². The van der Waals surface area contributed by atoms with Gasteiger partial charge in [-0.1, -0.05) is 53.0 Å². The first-order chi connectivity index (χ1) is 9.10. The van der Waals surface area contributed by atoms with Crippen LogP contribution in [0.15, 0.2) is 42.5 Å². The van der Waals surface area contributed by atoms with Gasteiger partial charge in [0.2, 0.25) is 0 Å². The van der Waals surface area contributed by atoms with Crippen molar-refractivity contribution in [3.05, 3.63) is 68.7 Å². The van der Waals surface area contributed by atoms with Gasteiger partial charge in [-0.25, -0.2) is 0 Å². The Balaban J connectivity index is 2.24. The zero-order chi connectivity index (χ0) is 13.8. The van der Waals surface area contributed by atoms with Gasteiger partial charge in [-0.15, -0.1) is 0 Å². The van der Waals surface area contributed by atoms with E-state index in [2.05, 4.69) is 6.07 Å². The maximum absolute atomic E-state index is 9.30. The summed E-state index contributed by atoms with van der Waals surface area (Å²) in [5, 5.41) is 11.1. The van der Waals surface area contributed by atoms with Crippen molar-refractivity contribution >= 4 is 34.8 Å². The van der Waals surface area contributed by atoms with Crippen LogP contribution in [0.25, 0.3) is 0 Å². The molecule has 0 aliphatic carbocycles. The van der Waals surface area contributed by atoms with Crippen LogP contribution in [0.2, 0.25) is 15.1 Å². The first kappa shape index (κ1) is 14.2. The number of nitrogens with zero attached hydrogens (tertiary/aromatic N) is 1. The summed E-state index contributed by atoms with van der Waals surface area (Å²) in [6, 6.07) is 14.9. The fourth-order valence-electron chi connectivity index (χ4n) is 1.84. The Morgan fingerprint density at radius 2 is 1.58 bits per heavy atom. The van der Waals surface area contributed by atoms with Crippen LogP contribution in [0.5, 0.6) is 0 Å². The van der Waals surface area contributed by atoms with Crippen LogP contribution < -0.4 is 0 Å². The smallest absolute Gasteiger partial charge is 0.0753 e. The molecule has 2 aromatic rings. The Morgan fingerprint density at radius 3 is 2.16 bits per heavy atom. The highest BCUT2D eigenvalue weighted by Gasteiger charge is 2.13. The van der Waals surface area contributed by atoms with Crippen LogP contribution in [0, 0.1) is 11.3 Å². The lowest BCUT2D eigenvalue weighted by atomic mass is 9.93. The zero-order valence-corrected chi connectivity index (χ0v) is 12.2. The van der Waals surface area contributed by atoms with Gasteiger partial charge < -0.3 is 0 Å². The van der Waals surface area contributed by atoms with Crippen LogP contribution >= 0.6 is 34.8 Å². The fourth-order valence-corrected chi connectivity index (χ4v) is 2.45. The van der Waals surface area contributed by atoms with Crippen molar-refractivity contribution in [2.24, 2.45) is 0 Å². The topological polar surface area (TPSA) is 23.8 Å². The van der Waals surface area contributed by atoms with Gasteiger partial charge in [0.25, 0.3) is 0 Å². The molecule has 0 radical (unpaired) electrons. The minimum atomic E-state index is -0.254. The standard InChI is InChI=1S/C15H10Cl3N/c16-13-4-1-10(2-5-13)12(9-19)7-11-3-6-14(17)8-15(11)18/h1-6,8,12H,7H2. The number of halogens is 3. The zero-order valence-electron chi connectivity index (χ0n) is 9.91. The molecule has 0 saturated carbocycles. The molecule has 19 heavy (non-hydrogen) atoms. The SMILES string of the molecule is N#CC(Cc1ccc(Cl)cc1Cl)c1ccc(Cl)cc1. The van der Waals surface area contributed by atoms with Gasteiger partial charge in [-0.05, 0) is 41.8 Å². The molecule has 0 spiro atoms. The average Bonchev–Trinajstić information content (AvgIpc) is 2.39. The molecule has 1 atom stereocenters. The van der Waals surface area contributed by atoms with Crippen molar-refractivity contribution in [3.63, 3.8) is 0 Å². The first-order valence-electron chi connectivity index (χ1n) is 5.69. The summed E-state index contributed by atoms with van der Waals surface area (Å²) in [4.78, 5) is 0. The third-order valence-corrected chi connectivity index (χ3v) is 3.71. The molecule has 0 aliphatic rings. The van der Waals surface area contributed by atoms with E-state index in [9.17, 15) is 5.26 Å². The van der Waals surface area contributed by atoms with Gasteiger partial charge >= 0.3 is 0 Å². The second kappa shape index (κ2) is 6.30. The van der Waals surface area contributed by atoms with Crippen molar-refractivity contribution in [2.75, 3.05) is 0 Å². The molecule has 0 bridgehead atoms. The molecular formula is C15H10Cl3N. The van der Waals surface area contributed by atoms with E-state index < -0.39 is 0 Å². The van der Waals surface area contributed by atoms with Gasteiger partial charge in [-0.2, -0.15) is 5.26 Å². The predicted molar refractivity (Wildman–Crippen MR) is 80.0 cm³/mol. The van der Waals surface area contributed by atoms with Crippen molar-refractivity contribution < 1.29 is 0 Å². The van der Waals surface area contributed by atoms with Crippen LogP contribution in [-0.4, -0.2) is 0 Å². The average molecular weight is 311 g/mol. The van der Waals surface area contributed by atoms with Crippen molar-refractivity contribution in [1.82, 2.24) is 0 Å². The lowest BCUT2D eigenvalue weighted by molar-refractivity contribution is 0.849. The maximum Gasteiger partial charge on any atom is 0.0753 e. The summed E-state index contributed by atoms with van der Waals surface area (Å²) in [5.41, 5.74) is 1.84. The van der Waals surface area contributed by atoms with Crippen molar-refractivity contribution in [1.29, 1.82) is 5.26 Å². The Bertz CT molecular complexity index is 614. The van der Waals surface area contributed by atoms with Crippen molar-refractivity contribution in [2.45, 2.75) is 12.3 Å². The highest BCUT2D eigenvalue weighted by atomic mass is 35.5. The molecule has 1 nitrogen and oxygen atoms in total. The number of hydrogen-bond donors (Lipinski definition) is 0. The molecule has 2 rings (SSSR count). The maximum atomic E-state index is 9.30. The summed E-state index contributed by atoms with van der Waals surface area (Å²) in [7, 11) is 0. The van der Waals surface area contributed by atoms with E-state index in [1.807, 2.05) is 18.2 Å². The van der Waals surface area contributed by atoms with Gasteiger partial charge in [0, 0.05) is 15.1 Å². The van der Waals surface area contributed by atoms with Gasteiger partial charge in [0.15, 0.2) is 0 Å². The molecule has 2 aromatic carbocycles. The molecule has 0 aliphatic heterocycles. The second-order valence-corrected chi connectivity index (χ2v) is 5.45. The van der Waals surface area contributed by atoms with Gasteiger partial charge in [0.05, 0.1) is 12.0 Å². The van der Waals surface area contributed by atoms with E-state index in [0.717, 1.165) is 11.1 Å². The highest BCUT2D eigenvalue weighted by Crippen LogP contribution is 2.27. The largest absolute Gasteiger partial charge is 0.198 e. The monoisotopic (exact) mass is 309 g/mol. The fraction of sp³-hybridized carbons (Fsp3) is 0.133. The molecule has 0 heterocycles. The van der Waals surface area contributed by atoms with Gasteiger partial charge in [0.1, 0.15) is 0 Å². The Labute approximate surface area is 127 Å². The second-order valence-electron chi connectivity index (χ2n) is 4.17. The Morgan fingerprint density at radius 1 is 0.947 bits per heavy atom. The number of benzene rings is 2. The normalized spacial score (nSPS) is 11.9. The third kappa shape index (κ3) is 3.64. The molecule has 0 N–H and O–H groups in total. The van der Waals surface area contributed by atoms with E-state index >= 15 is 0 Å². The molecule has 96 valence electrons. The predicted octanol–water partition coefficient (Wildman–Crippen LogP) is 5.50. The summed E-state index contributed by atoms with van der Waals surface area (Å²) in [6.45, 7) is 0. The summed E-state index contributed by atoms with van der Waals surface area (Å²) in [6.07, 6.45) is 0.550. The summed E-state index contributed by atoms with van der Waals surface area (Å²) >= 11 is 17.8. The number of hydrogen-bond acceptors (Lipinski definition) is 1. The van der Waals surface area contributed by atoms with Gasteiger partial charge in [-0.3, -0.25) is 0 Å².